The Bertz CT molecular complexity index is 835. The quantitative estimate of drug-likeness (QED) is 0.853. The SMILES string of the molecule is C=CC1CN2C([C@H](O)c3ccnc4ccc(O)cc34)CC23CCC13. The first-order valence-electron chi connectivity index (χ1n) is 8.79. The molecule has 2 N–H and O–H groups in total. The zero-order chi connectivity index (χ0) is 16.5. The lowest BCUT2D eigenvalue weighted by molar-refractivity contribution is -0.152. The summed E-state index contributed by atoms with van der Waals surface area (Å²) in [7, 11) is 0. The Balaban J connectivity index is 1.49. The average Bonchev–Trinajstić information content (AvgIpc) is 2.70. The number of nitrogens with zero attached hydrogens (tertiary/aromatic N) is 2. The van der Waals surface area contributed by atoms with E-state index in [4.69, 9.17) is 0 Å². The molecule has 124 valence electrons. The standard InChI is InChI=1S/C20H22N2O2/c1-2-12-11-22-18(10-20(22)7-5-16(12)20)19(24)14-6-8-21-17-4-3-13(23)9-15(14)17/h2-4,6,8-9,12,16,18-19,23-24H,1,5,7,10-11H2/t12?,16?,18?,19-,20?/m1/s1. The maximum Gasteiger partial charge on any atom is 0.116 e. The van der Waals surface area contributed by atoms with E-state index in [0.29, 0.717) is 11.5 Å². The van der Waals surface area contributed by atoms with Gasteiger partial charge in [-0.1, -0.05) is 6.08 Å². The molecule has 24 heavy (non-hydrogen) atoms. The molecule has 5 rings (SSSR count). The van der Waals surface area contributed by atoms with Crippen molar-refractivity contribution in [2.24, 2.45) is 11.8 Å². The number of aliphatic hydroxyl groups excluding tert-OH is 1. The maximum atomic E-state index is 11.1. The molecule has 1 spiro atoms. The molecular formula is C20H22N2O2. The monoisotopic (exact) mass is 322 g/mol. The number of phenols is 1. The Morgan fingerprint density at radius 3 is 3.00 bits per heavy atom. The summed E-state index contributed by atoms with van der Waals surface area (Å²) in [6, 6.07) is 7.19. The van der Waals surface area contributed by atoms with Gasteiger partial charge in [0.15, 0.2) is 0 Å². The topological polar surface area (TPSA) is 56.6 Å². The van der Waals surface area contributed by atoms with E-state index in [-0.39, 0.29) is 11.8 Å². The van der Waals surface area contributed by atoms with Crippen molar-refractivity contribution < 1.29 is 10.2 Å². The summed E-state index contributed by atoms with van der Waals surface area (Å²) in [6.45, 7) is 5.03. The van der Waals surface area contributed by atoms with Gasteiger partial charge in [0.1, 0.15) is 5.75 Å². The fourth-order valence-electron chi connectivity index (χ4n) is 5.49. The minimum Gasteiger partial charge on any atom is -0.508 e. The van der Waals surface area contributed by atoms with Gasteiger partial charge >= 0.3 is 0 Å². The highest BCUT2D eigenvalue weighted by Gasteiger charge is 2.67. The highest BCUT2D eigenvalue weighted by atomic mass is 16.3. The van der Waals surface area contributed by atoms with E-state index in [1.165, 1.54) is 12.8 Å². The molecule has 3 fully saturated rings. The van der Waals surface area contributed by atoms with Crippen LogP contribution >= 0.6 is 0 Å². The van der Waals surface area contributed by atoms with Gasteiger partial charge < -0.3 is 10.2 Å². The van der Waals surface area contributed by atoms with E-state index in [1.54, 1.807) is 24.4 Å². The third kappa shape index (κ3) is 1.68. The maximum absolute atomic E-state index is 11.1. The van der Waals surface area contributed by atoms with Crippen LogP contribution in [0.2, 0.25) is 0 Å². The summed E-state index contributed by atoms with van der Waals surface area (Å²) in [6.07, 6.45) is 6.91. The Hall–Kier alpha value is -1.91. The number of aliphatic hydroxyl groups is 1. The lowest BCUT2D eigenvalue weighted by atomic mass is 9.57. The van der Waals surface area contributed by atoms with Crippen molar-refractivity contribution in [3.63, 3.8) is 0 Å². The fourth-order valence-corrected chi connectivity index (χ4v) is 5.49. The second-order valence-electron chi connectivity index (χ2n) is 7.62. The zero-order valence-electron chi connectivity index (χ0n) is 13.6. The van der Waals surface area contributed by atoms with Gasteiger partial charge in [-0.2, -0.15) is 0 Å². The number of benzene rings is 1. The van der Waals surface area contributed by atoms with Crippen LogP contribution in [0.5, 0.6) is 5.75 Å². The van der Waals surface area contributed by atoms with Gasteiger partial charge in [-0.05, 0) is 60.9 Å². The molecule has 2 saturated heterocycles. The largest absolute Gasteiger partial charge is 0.508 e. The zero-order valence-corrected chi connectivity index (χ0v) is 13.6. The highest BCUT2D eigenvalue weighted by Crippen LogP contribution is 2.63. The van der Waals surface area contributed by atoms with Crippen LogP contribution in [0, 0.1) is 11.8 Å². The smallest absolute Gasteiger partial charge is 0.116 e. The van der Waals surface area contributed by atoms with Crippen LogP contribution in [0.3, 0.4) is 0 Å². The molecule has 2 aromatic rings. The van der Waals surface area contributed by atoms with Crippen molar-refractivity contribution in [3.05, 3.63) is 48.7 Å². The van der Waals surface area contributed by atoms with Gasteiger partial charge in [-0.15, -0.1) is 6.58 Å². The first kappa shape index (κ1) is 14.4. The second-order valence-corrected chi connectivity index (χ2v) is 7.62. The third-order valence-electron chi connectivity index (χ3n) is 6.78. The Kier molecular flexibility index (Phi) is 2.89. The number of fused-ring (bicyclic) bond motifs is 1. The number of aromatic hydroxyl groups is 1. The third-order valence-corrected chi connectivity index (χ3v) is 6.78. The minimum absolute atomic E-state index is 0.158. The predicted molar refractivity (Wildman–Crippen MR) is 92.6 cm³/mol. The Morgan fingerprint density at radius 1 is 1.38 bits per heavy atom. The molecule has 4 unspecified atom stereocenters. The predicted octanol–water partition coefficient (Wildman–Crippen LogP) is 3.01. The van der Waals surface area contributed by atoms with E-state index in [1.807, 2.05) is 6.07 Å². The van der Waals surface area contributed by atoms with Crippen molar-refractivity contribution in [3.8, 4) is 5.75 Å². The van der Waals surface area contributed by atoms with Crippen LogP contribution < -0.4 is 0 Å². The van der Waals surface area contributed by atoms with E-state index >= 15 is 0 Å². The van der Waals surface area contributed by atoms with E-state index in [0.717, 1.165) is 35.3 Å². The van der Waals surface area contributed by atoms with E-state index in [9.17, 15) is 10.2 Å². The van der Waals surface area contributed by atoms with Gasteiger partial charge in [0.2, 0.25) is 0 Å². The van der Waals surface area contributed by atoms with Gasteiger partial charge in [0, 0.05) is 29.7 Å². The summed E-state index contributed by atoms with van der Waals surface area (Å²) in [5.41, 5.74) is 2.01. The van der Waals surface area contributed by atoms with Crippen molar-refractivity contribution in [1.82, 2.24) is 9.88 Å². The van der Waals surface area contributed by atoms with Crippen molar-refractivity contribution in [1.29, 1.82) is 0 Å². The second kappa shape index (κ2) is 4.80. The number of pyridine rings is 1. The first-order chi connectivity index (χ1) is 11.6. The molecule has 1 aromatic heterocycles. The lowest BCUT2D eigenvalue weighted by Gasteiger charge is -2.63. The molecule has 4 nitrogen and oxygen atoms in total. The van der Waals surface area contributed by atoms with Crippen molar-refractivity contribution >= 4 is 10.9 Å². The van der Waals surface area contributed by atoms with Crippen molar-refractivity contribution in [2.45, 2.75) is 36.9 Å². The van der Waals surface area contributed by atoms with Gasteiger partial charge in [-0.3, -0.25) is 9.88 Å². The number of rotatable bonds is 3. The molecule has 0 amide bonds. The highest BCUT2D eigenvalue weighted by molar-refractivity contribution is 5.83. The Morgan fingerprint density at radius 2 is 2.25 bits per heavy atom. The molecule has 1 aliphatic carbocycles. The average molecular weight is 322 g/mol. The molecule has 0 radical (unpaired) electrons. The van der Waals surface area contributed by atoms with Gasteiger partial charge in [0.05, 0.1) is 11.6 Å². The van der Waals surface area contributed by atoms with Crippen LogP contribution in [0.15, 0.2) is 43.1 Å². The van der Waals surface area contributed by atoms with Crippen LogP contribution in [0.25, 0.3) is 10.9 Å². The van der Waals surface area contributed by atoms with Crippen LogP contribution in [-0.4, -0.2) is 38.2 Å². The Labute approximate surface area is 141 Å². The summed E-state index contributed by atoms with van der Waals surface area (Å²) in [5, 5.41) is 21.7. The lowest BCUT2D eigenvalue weighted by Crippen LogP contribution is -2.70. The van der Waals surface area contributed by atoms with Crippen LogP contribution in [0.1, 0.15) is 30.9 Å². The molecule has 2 aliphatic heterocycles. The molecule has 1 saturated carbocycles. The number of hydrogen-bond donors (Lipinski definition) is 2. The number of phenolic OH excluding ortho intramolecular Hbond substituents is 1. The fraction of sp³-hybridized carbons (Fsp3) is 0.450. The number of aromatic nitrogens is 1. The molecule has 3 heterocycles. The molecule has 1 aromatic carbocycles. The van der Waals surface area contributed by atoms with Crippen molar-refractivity contribution in [2.75, 3.05) is 6.54 Å². The molecule has 4 heteroatoms. The van der Waals surface area contributed by atoms with Gasteiger partial charge in [-0.25, -0.2) is 0 Å². The minimum atomic E-state index is -0.548. The van der Waals surface area contributed by atoms with E-state index < -0.39 is 6.10 Å². The van der Waals surface area contributed by atoms with Crippen LogP contribution in [-0.2, 0) is 0 Å². The van der Waals surface area contributed by atoms with Gasteiger partial charge in [0.25, 0.3) is 0 Å². The summed E-state index contributed by atoms with van der Waals surface area (Å²) in [4.78, 5) is 6.87. The normalized spacial score (nSPS) is 35.6. The number of hydrogen-bond acceptors (Lipinski definition) is 4. The van der Waals surface area contributed by atoms with E-state index in [2.05, 4.69) is 22.5 Å². The van der Waals surface area contributed by atoms with Crippen LogP contribution in [0.4, 0.5) is 0 Å². The summed E-state index contributed by atoms with van der Waals surface area (Å²) >= 11 is 0. The molecule has 0 bridgehead atoms. The summed E-state index contributed by atoms with van der Waals surface area (Å²) < 4.78 is 0. The molecular weight excluding hydrogens is 300 g/mol. The summed E-state index contributed by atoms with van der Waals surface area (Å²) in [5.74, 6) is 1.51. The molecule has 5 atom stereocenters. The molecule has 3 aliphatic rings. The first-order valence-corrected chi connectivity index (χ1v) is 8.79.